The first-order chi connectivity index (χ1) is 16.8. The number of pyridine rings is 1. The van der Waals surface area contributed by atoms with Crippen molar-refractivity contribution < 1.29 is 18.8 Å². The van der Waals surface area contributed by atoms with E-state index in [0.717, 1.165) is 30.8 Å². The van der Waals surface area contributed by atoms with Crippen LogP contribution in [0.15, 0.2) is 42.7 Å². The highest BCUT2D eigenvalue weighted by atomic mass is 16.5. The van der Waals surface area contributed by atoms with Crippen LogP contribution in [-0.4, -0.2) is 25.7 Å². The van der Waals surface area contributed by atoms with E-state index in [2.05, 4.69) is 45.3 Å². The minimum Gasteiger partial charge on any atom is -0.493 e. The number of benzene rings is 1. The summed E-state index contributed by atoms with van der Waals surface area (Å²) in [6, 6.07) is 9.97. The predicted octanol–water partition coefficient (Wildman–Crippen LogP) is 6.07. The van der Waals surface area contributed by atoms with Gasteiger partial charge in [0.2, 0.25) is 0 Å². The van der Waals surface area contributed by atoms with Gasteiger partial charge in [-0.3, -0.25) is 4.79 Å². The van der Waals surface area contributed by atoms with Crippen LogP contribution in [0.3, 0.4) is 0 Å². The first-order valence-corrected chi connectivity index (χ1v) is 13.4. The molecule has 1 amide bonds. The number of nitrogens with zero attached hydrogens (tertiary/aromatic N) is 1. The molecule has 1 aromatic heterocycles. The molecular weight excluding hydrogens is 436 g/mol. The molecule has 2 rings (SSSR count). The number of aryl methyl sites for hydroxylation is 1. The minimum absolute atomic E-state index is 0.00457. The SMILES string of the molecule is CCCCCCCCCCOc1ccc(OCC(=O)NCCc2ccc[n+](C)c2)cc1C(C)(C)C. The summed E-state index contributed by atoms with van der Waals surface area (Å²) in [5, 5.41) is 2.94. The summed E-state index contributed by atoms with van der Waals surface area (Å²) in [6.07, 6.45) is 15.1. The summed E-state index contributed by atoms with van der Waals surface area (Å²) in [7, 11) is 1.99. The van der Waals surface area contributed by atoms with Crippen LogP contribution in [0.25, 0.3) is 0 Å². The Hall–Kier alpha value is -2.56. The van der Waals surface area contributed by atoms with Crippen LogP contribution in [0.4, 0.5) is 0 Å². The Morgan fingerprint density at radius 1 is 0.971 bits per heavy atom. The van der Waals surface area contributed by atoms with Crippen molar-refractivity contribution in [2.24, 2.45) is 7.05 Å². The number of aromatic nitrogens is 1. The van der Waals surface area contributed by atoms with Crippen LogP contribution in [0.2, 0.25) is 0 Å². The Bertz CT molecular complexity index is 889. The number of unbranched alkanes of at least 4 members (excludes halogenated alkanes) is 7. The van der Waals surface area contributed by atoms with E-state index >= 15 is 0 Å². The highest BCUT2D eigenvalue weighted by Gasteiger charge is 2.20. The van der Waals surface area contributed by atoms with E-state index in [0.29, 0.717) is 12.3 Å². The van der Waals surface area contributed by atoms with Crippen molar-refractivity contribution in [3.05, 3.63) is 53.9 Å². The number of ether oxygens (including phenoxy) is 2. The van der Waals surface area contributed by atoms with Crippen molar-refractivity contribution in [3.8, 4) is 11.5 Å². The molecule has 0 bridgehead atoms. The zero-order valence-corrected chi connectivity index (χ0v) is 22.7. The van der Waals surface area contributed by atoms with Gasteiger partial charge in [-0.1, -0.05) is 72.6 Å². The highest BCUT2D eigenvalue weighted by molar-refractivity contribution is 5.77. The van der Waals surface area contributed by atoms with E-state index in [-0.39, 0.29) is 17.9 Å². The third-order valence-electron chi connectivity index (χ3n) is 6.12. The van der Waals surface area contributed by atoms with Gasteiger partial charge in [-0.2, -0.15) is 0 Å². The number of hydrogen-bond acceptors (Lipinski definition) is 3. The second-order valence-corrected chi connectivity index (χ2v) is 10.5. The molecule has 194 valence electrons. The lowest BCUT2D eigenvalue weighted by molar-refractivity contribution is -0.671. The fraction of sp³-hybridized carbons (Fsp3) is 0.600. The van der Waals surface area contributed by atoms with Crippen LogP contribution in [-0.2, 0) is 23.7 Å². The van der Waals surface area contributed by atoms with Crippen molar-refractivity contribution in [1.82, 2.24) is 5.32 Å². The monoisotopic (exact) mass is 483 g/mol. The molecule has 0 unspecified atom stereocenters. The summed E-state index contributed by atoms with van der Waals surface area (Å²) in [4.78, 5) is 12.3. The molecule has 5 nitrogen and oxygen atoms in total. The lowest BCUT2D eigenvalue weighted by atomic mass is 9.86. The van der Waals surface area contributed by atoms with Crippen molar-refractivity contribution in [2.45, 2.75) is 90.9 Å². The molecular formula is C30H47N2O3+. The molecule has 0 aliphatic rings. The zero-order valence-electron chi connectivity index (χ0n) is 22.7. The van der Waals surface area contributed by atoms with Crippen LogP contribution < -0.4 is 19.4 Å². The molecule has 0 radical (unpaired) electrons. The number of carbonyl (C=O) groups is 1. The van der Waals surface area contributed by atoms with E-state index in [1.807, 2.05) is 42.1 Å². The Labute approximate surface area is 213 Å². The summed E-state index contributed by atoms with van der Waals surface area (Å²) >= 11 is 0. The lowest BCUT2D eigenvalue weighted by Gasteiger charge is -2.24. The zero-order chi connectivity index (χ0) is 25.5. The van der Waals surface area contributed by atoms with Crippen molar-refractivity contribution in [1.29, 1.82) is 0 Å². The summed E-state index contributed by atoms with van der Waals surface area (Å²) < 4.78 is 14.0. The van der Waals surface area contributed by atoms with Gasteiger partial charge in [-0.15, -0.1) is 0 Å². The molecule has 0 saturated heterocycles. The van der Waals surface area contributed by atoms with Crippen molar-refractivity contribution >= 4 is 5.91 Å². The molecule has 0 atom stereocenters. The molecule has 0 spiro atoms. The molecule has 1 aromatic carbocycles. The number of rotatable bonds is 16. The maximum absolute atomic E-state index is 12.3. The van der Waals surface area contributed by atoms with Gasteiger partial charge in [0, 0.05) is 23.7 Å². The molecule has 5 heteroatoms. The van der Waals surface area contributed by atoms with E-state index in [1.165, 1.54) is 50.5 Å². The van der Waals surface area contributed by atoms with Gasteiger partial charge >= 0.3 is 0 Å². The highest BCUT2D eigenvalue weighted by Crippen LogP contribution is 2.34. The maximum Gasteiger partial charge on any atom is 0.257 e. The minimum atomic E-state index is -0.113. The van der Waals surface area contributed by atoms with Crippen molar-refractivity contribution in [2.75, 3.05) is 19.8 Å². The first-order valence-electron chi connectivity index (χ1n) is 13.4. The van der Waals surface area contributed by atoms with E-state index in [4.69, 9.17) is 9.47 Å². The molecule has 2 aromatic rings. The predicted molar refractivity (Wildman–Crippen MR) is 143 cm³/mol. The molecule has 0 aliphatic heterocycles. The summed E-state index contributed by atoms with van der Waals surface area (Å²) in [5.41, 5.74) is 2.21. The Balaban J connectivity index is 1.76. The molecule has 0 fully saturated rings. The third-order valence-corrected chi connectivity index (χ3v) is 6.12. The number of carbonyl (C=O) groups excluding carboxylic acids is 1. The van der Waals surface area contributed by atoms with Gasteiger partial charge in [-0.05, 0) is 42.5 Å². The fourth-order valence-corrected chi connectivity index (χ4v) is 4.07. The molecule has 1 N–H and O–H groups in total. The van der Waals surface area contributed by atoms with Gasteiger partial charge in [0.25, 0.3) is 5.91 Å². The lowest BCUT2D eigenvalue weighted by Crippen LogP contribution is -2.31. The largest absolute Gasteiger partial charge is 0.493 e. The smallest absolute Gasteiger partial charge is 0.257 e. The second-order valence-electron chi connectivity index (χ2n) is 10.5. The molecule has 0 saturated carbocycles. The Morgan fingerprint density at radius 2 is 1.69 bits per heavy atom. The standard InChI is InChI=1S/C30H46N2O3/c1-6-7-8-9-10-11-12-13-21-34-28-17-16-26(22-27(28)30(2,3)4)35-24-29(33)31-19-18-25-15-14-20-32(5)23-25/h14-17,20,22-23H,6-13,18-19,21,24H2,1-5H3/p+1. The molecule has 1 heterocycles. The fourth-order valence-electron chi connectivity index (χ4n) is 4.07. The van der Waals surface area contributed by atoms with E-state index in [9.17, 15) is 4.79 Å². The van der Waals surface area contributed by atoms with Gasteiger partial charge in [0.05, 0.1) is 6.61 Å². The van der Waals surface area contributed by atoms with E-state index in [1.54, 1.807) is 0 Å². The number of amides is 1. The summed E-state index contributed by atoms with van der Waals surface area (Å²) in [6.45, 7) is 10.1. The maximum atomic E-state index is 12.3. The van der Waals surface area contributed by atoms with Gasteiger partial charge in [0.15, 0.2) is 19.0 Å². The van der Waals surface area contributed by atoms with Gasteiger partial charge in [-0.25, -0.2) is 4.57 Å². The van der Waals surface area contributed by atoms with E-state index < -0.39 is 0 Å². The first kappa shape index (κ1) is 28.7. The van der Waals surface area contributed by atoms with Crippen LogP contribution in [0.1, 0.15) is 90.2 Å². The van der Waals surface area contributed by atoms with Crippen molar-refractivity contribution in [3.63, 3.8) is 0 Å². The summed E-state index contributed by atoms with van der Waals surface area (Å²) in [5.74, 6) is 1.49. The topological polar surface area (TPSA) is 51.4 Å². The van der Waals surface area contributed by atoms with Gasteiger partial charge < -0.3 is 14.8 Å². The number of nitrogens with one attached hydrogen (secondary N) is 1. The average molecular weight is 484 g/mol. The van der Waals surface area contributed by atoms with Gasteiger partial charge in [0.1, 0.15) is 18.5 Å². The number of hydrogen-bond donors (Lipinski definition) is 1. The Kier molecular flexibility index (Phi) is 12.6. The normalized spacial score (nSPS) is 11.3. The second kappa shape index (κ2) is 15.4. The van der Waals surface area contributed by atoms with Crippen LogP contribution in [0, 0.1) is 0 Å². The molecule has 0 aliphatic carbocycles. The quantitative estimate of drug-likeness (QED) is 0.233. The third kappa shape index (κ3) is 11.6. The van der Waals surface area contributed by atoms with Crippen LogP contribution in [0.5, 0.6) is 11.5 Å². The molecule has 35 heavy (non-hydrogen) atoms. The van der Waals surface area contributed by atoms with Crippen LogP contribution >= 0.6 is 0 Å². The Morgan fingerprint density at radius 3 is 2.37 bits per heavy atom. The average Bonchev–Trinajstić information content (AvgIpc) is 2.81.